The fraction of sp³-hybridized carbons (Fsp3) is 0.429. The van der Waals surface area contributed by atoms with Gasteiger partial charge in [-0.25, -0.2) is 9.97 Å². The summed E-state index contributed by atoms with van der Waals surface area (Å²) in [5, 5.41) is 0. The largest absolute Gasteiger partial charge is 0.257 e. The summed E-state index contributed by atoms with van der Waals surface area (Å²) in [5.74, 6) is 0.498. The molecule has 11 heavy (non-hydrogen) atoms. The first-order valence-corrected chi connectivity index (χ1v) is 3.68. The Hall–Kier alpha value is -1.00. The average Bonchev–Trinajstić information content (AvgIpc) is 2.58. The lowest BCUT2D eigenvalue weighted by molar-refractivity contribution is 0.689. The summed E-state index contributed by atoms with van der Waals surface area (Å²) in [6.07, 6.45) is 3.37. The molecule has 0 aliphatic carbocycles. The molecule has 2 rings (SSSR count). The topological polar surface area (TPSA) is 49.8 Å². The minimum Gasteiger partial charge on any atom is -0.257 e. The second-order valence-electron chi connectivity index (χ2n) is 2.59. The van der Waals surface area contributed by atoms with Gasteiger partial charge in [0.05, 0.1) is 0 Å². The molecule has 0 amide bonds. The summed E-state index contributed by atoms with van der Waals surface area (Å²) < 4.78 is 0. The van der Waals surface area contributed by atoms with Crippen LogP contribution in [0.25, 0.3) is 0 Å². The predicted molar refractivity (Wildman–Crippen MR) is 40.8 cm³/mol. The molecular formula is C7H10N4. The third-order valence-corrected chi connectivity index (χ3v) is 1.85. The molecule has 1 aromatic rings. The standard InChI is InChI=1S/C7H10N4/c1-2-8-5-9-7(1)6-3-10-11-4-6/h1-2,5-6,10-11H,3-4H2. The molecule has 1 aliphatic heterocycles. The lowest BCUT2D eigenvalue weighted by Crippen LogP contribution is -2.21. The fourth-order valence-electron chi connectivity index (χ4n) is 1.21. The van der Waals surface area contributed by atoms with Crippen LogP contribution in [0.2, 0.25) is 0 Å². The van der Waals surface area contributed by atoms with Gasteiger partial charge < -0.3 is 0 Å². The number of aromatic nitrogens is 2. The van der Waals surface area contributed by atoms with E-state index in [1.54, 1.807) is 12.5 Å². The van der Waals surface area contributed by atoms with E-state index in [0.717, 1.165) is 18.8 Å². The van der Waals surface area contributed by atoms with Crippen LogP contribution in [0.4, 0.5) is 0 Å². The molecule has 4 nitrogen and oxygen atoms in total. The van der Waals surface area contributed by atoms with E-state index in [-0.39, 0.29) is 0 Å². The van der Waals surface area contributed by atoms with Crippen LogP contribution in [0, 0.1) is 0 Å². The van der Waals surface area contributed by atoms with Crippen molar-refractivity contribution in [3.05, 3.63) is 24.3 Å². The number of nitrogens with zero attached hydrogens (tertiary/aromatic N) is 2. The van der Waals surface area contributed by atoms with Gasteiger partial charge in [-0.2, -0.15) is 0 Å². The molecule has 0 bridgehead atoms. The summed E-state index contributed by atoms with van der Waals surface area (Å²) in [6.45, 7) is 1.91. The quantitative estimate of drug-likeness (QED) is 0.575. The highest BCUT2D eigenvalue weighted by molar-refractivity contribution is 5.08. The Bertz CT molecular complexity index is 217. The van der Waals surface area contributed by atoms with Gasteiger partial charge >= 0.3 is 0 Å². The monoisotopic (exact) mass is 150 g/mol. The number of hydrogen-bond donors (Lipinski definition) is 2. The average molecular weight is 150 g/mol. The number of hydrogen-bond acceptors (Lipinski definition) is 4. The second-order valence-corrected chi connectivity index (χ2v) is 2.59. The number of rotatable bonds is 1. The van der Waals surface area contributed by atoms with Gasteiger partial charge in [0, 0.05) is 30.9 Å². The maximum atomic E-state index is 4.17. The van der Waals surface area contributed by atoms with E-state index in [1.807, 2.05) is 6.07 Å². The molecule has 0 spiro atoms. The van der Waals surface area contributed by atoms with Gasteiger partial charge in [-0.05, 0) is 6.07 Å². The molecule has 58 valence electrons. The molecule has 1 aliphatic rings. The first-order valence-electron chi connectivity index (χ1n) is 3.68. The molecule has 2 heterocycles. The third-order valence-electron chi connectivity index (χ3n) is 1.85. The van der Waals surface area contributed by atoms with Crippen LogP contribution in [0.1, 0.15) is 11.6 Å². The van der Waals surface area contributed by atoms with Crippen molar-refractivity contribution in [2.75, 3.05) is 13.1 Å². The van der Waals surface area contributed by atoms with Crippen molar-refractivity contribution < 1.29 is 0 Å². The maximum absolute atomic E-state index is 4.17. The summed E-state index contributed by atoms with van der Waals surface area (Å²) in [6, 6.07) is 1.96. The molecule has 0 saturated carbocycles. The van der Waals surface area contributed by atoms with Crippen molar-refractivity contribution >= 4 is 0 Å². The van der Waals surface area contributed by atoms with Crippen LogP contribution >= 0.6 is 0 Å². The van der Waals surface area contributed by atoms with E-state index in [0.29, 0.717) is 5.92 Å². The zero-order valence-electron chi connectivity index (χ0n) is 6.12. The van der Waals surface area contributed by atoms with Crippen molar-refractivity contribution in [3.63, 3.8) is 0 Å². The maximum Gasteiger partial charge on any atom is 0.115 e. The van der Waals surface area contributed by atoms with Crippen LogP contribution in [0.5, 0.6) is 0 Å². The van der Waals surface area contributed by atoms with Crippen LogP contribution < -0.4 is 10.9 Å². The normalized spacial score (nSPS) is 18.9. The van der Waals surface area contributed by atoms with Crippen LogP contribution in [0.15, 0.2) is 18.6 Å². The lowest BCUT2D eigenvalue weighted by Gasteiger charge is -2.03. The molecule has 0 radical (unpaired) electrons. The number of nitrogens with one attached hydrogen (secondary N) is 2. The molecule has 1 saturated heterocycles. The van der Waals surface area contributed by atoms with Crippen molar-refractivity contribution in [1.29, 1.82) is 0 Å². The van der Waals surface area contributed by atoms with Gasteiger partial charge in [0.15, 0.2) is 0 Å². The van der Waals surface area contributed by atoms with E-state index < -0.39 is 0 Å². The Morgan fingerprint density at radius 1 is 1.36 bits per heavy atom. The van der Waals surface area contributed by atoms with Gasteiger partial charge in [-0.15, -0.1) is 0 Å². The van der Waals surface area contributed by atoms with Crippen molar-refractivity contribution in [2.45, 2.75) is 5.92 Å². The van der Waals surface area contributed by atoms with Crippen molar-refractivity contribution in [1.82, 2.24) is 20.8 Å². The van der Waals surface area contributed by atoms with Gasteiger partial charge in [-0.3, -0.25) is 10.9 Å². The van der Waals surface area contributed by atoms with E-state index in [2.05, 4.69) is 20.8 Å². The summed E-state index contributed by atoms with van der Waals surface area (Å²) in [5.41, 5.74) is 7.23. The second kappa shape index (κ2) is 2.94. The van der Waals surface area contributed by atoms with Gasteiger partial charge in [0.25, 0.3) is 0 Å². The molecular weight excluding hydrogens is 140 g/mol. The summed E-state index contributed by atoms with van der Waals surface area (Å²) in [4.78, 5) is 8.03. The molecule has 4 heteroatoms. The van der Waals surface area contributed by atoms with E-state index in [9.17, 15) is 0 Å². The van der Waals surface area contributed by atoms with Crippen molar-refractivity contribution in [2.24, 2.45) is 0 Å². The fourth-order valence-corrected chi connectivity index (χ4v) is 1.21. The SMILES string of the molecule is c1cc(C2CNNC2)ncn1. The molecule has 0 aromatic carbocycles. The molecule has 2 N–H and O–H groups in total. The Morgan fingerprint density at radius 2 is 2.18 bits per heavy atom. The Morgan fingerprint density at radius 3 is 2.82 bits per heavy atom. The Balaban J connectivity index is 2.16. The van der Waals surface area contributed by atoms with Gasteiger partial charge in [-0.1, -0.05) is 0 Å². The number of hydrazine groups is 1. The zero-order chi connectivity index (χ0) is 7.52. The zero-order valence-corrected chi connectivity index (χ0v) is 6.12. The highest BCUT2D eigenvalue weighted by atomic mass is 15.4. The lowest BCUT2D eigenvalue weighted by atomic mass is 10.1. The summed E-state index contributed by atoms with van der Waals surface area (Å²) >= 11 is 0. The first kappa shape index (κ1) is 6.69. The molecule has 0 unspecified atom stereocenters. The third kappa shape index (κ3) is 1.36. The van der Waals surface area contributed by atoms with E-state index >= 15 is 0 Å². The van der Waals surface area contributed by atoms with Crippen LogP contribution in [-0.2, 0) is 0 Å². The highest BCUT2D eigenvalue weighted by Crippen LogP contribution is 2.11. The van der Waals surface area contributed by atoms with Crippen LogP contribution in [-0.4, -0.2) is 23.1 Å². The smallest absolute Gasteiger partial charge is 0.115 e. The van der Waals surface area contributed by atoms with Crippen LogP contribution in [0.3, 0.4) is 0 Å². The molecule has 0 atom stereocenters. The van der Waals surface area contributed by atoms with E-state index in [4.69, 9.17) is 0 Å². The van der Waals surface area contributed by atoms with Gasteiger partial charge in [0.2, 0.25) is 0 Å². The summed E-state index contributed by atoms with van der Waals surface area (Å²) in [7, 11) is 0. The minimum absolute atomic E-state index is 0.498. The highest BCUT2D eigenvalue weighted by Gasteiger charge is 2.16. The van der Waals surface area contributed by atoms with E-state index in [1.165, 1.54) is 0 Å². The minimum atomic E-state index is 0.498. The van der Waals surface area contributed by atoms with Crippen molar-refractivity contribution in [3.8, 4) is 0 Å². The molecule has 1 aromatic heterocycles. The predicted octanol–water partition coefficient (Wildman–Crippen LogP) is -0.332. The Labute approximate surface area is 65.0 Å². The first-order chi connectivity index (χ1) is 5.47. The Kier molecular flexibility index (Phi) is 1.79. The molecule has 1 fully saturated rings. The van der Waals surface area contributed by atoms with Gasteiger partial charge in [0.1, 0.15) is 6.33 Å².